The van der Waals surface area contributed by atoms with Gasteiger partial charge in [-0.2, -0.15) is 0 Å². The average Bonchev–Trinajstić information content (AvgIpc) is 3.04. The number of aliphatic hydroxyl groups excluding tert-OH is 1. The summed E-state index contributed by atoms with van der Waals surface area (Å²) in [5.41, 5.74) is 0. The van der Waals surface area contributed by atoms with Crippen LogP contribution in [0, 0.1) is 0 Å². The van der Waals surface area contributed by atoms with E-state index >= 15 is 0 Å². The quantitative estimate of drug-likeness (QED) is 0.0287. The van der Waals surface area contributed by atoms with Crippen LogP contribution in [-0.4, -0.2) is 68.5 Å². The molecule has 1 amide bonds. The summed E-state index contributed by atoms with van der Waals surface area (Å²) < 4.78 is 23.2. The number of carbonyl (C=O) groups excluding carboxylic acids is 1. The minimum absolute atomic E-state index is 0.0121. The van der Waals surface area contributed by atoms with Crippen molar-refractivity contribution >= 4 is 13.7 Å². The molecule has 0 rings (SSSR count). The van der Waals surface area contributed by atoms with Crippen LogP contribution in [0.2, 0.25) is 0 Å². The number of amides is 1. The third kappa shape index (κ3) is 35.4. The molecular weight excluding hydrogens is 635 g/mol. The Balaban J connectivity index is 4.43. The highest BCUT2D eigenvalue weighted by atomic mass is 31.2. The smallest absolute Gasteiger partial charge is 0.268 e. The molecule has 8 nitrogen and oxygen atoms in total. The molecule has 0 spiro atoms. The lowest BCUT2D eigenvalue weighted by atomic mass is 10.0. The van der Waals surface area contributed by atoms with Gasteiger partial charge in [-0.1, -0.05) is 154 Å². The second kappa shape index (κ2) is 33.1. The highest BCUT2D eigenvalue weighted by Crippen LogP contribution is 2.38. The third-order valence-corrected chi connectivity index (χ3v) is 10.2. The first kappa shape index (κ1) is 48.2. The van der Waals surface area contributed by atoms with Crippen LogP contribution in [0.5, 0.6) is 0 Å². The summed E-state index contributed by atoms with van der Waals surface area (Å²) in [6.07, 6.45) is 34.9. The maximum absolute atomic E-state index is 12.8. The van der Waals surface area contributed by atoms with Crippen molar-refractivity contribution in [1.82, 2.24) is 5.32 Å². The van der Waals surface area contributed by atoms with E-state index < -0.39 is 20.0 Å². The van der Waals surface area contributed by atoms with E-state index in [1.165, 1.54) is 109 Å². The Hall–Kier alpha value is -0.760. The number of aliphatic hydroxyl groups is 1. The Morgan fingerprint density at radius 2 is 1.12 bits per heavy atom. The number of rotatable bonds is 37. The van der Waals surface area contributed by atoms with Crippen molar-refractivity contribution in [3.05, 3.63) is 12.2 Å². The van der Waals surface area contributed by atoms with Gasteiger partial charge in [0.25, 0.3) is 7.82 Å². The second-order valence-corrected chi connectivity index (χ2v) is 16.8. The summed E-state index contributed by atoms with van der Waals surface area (Å²) in [5.74, 6) is -0.175. The number of likely N-dealkylation sites (N-methyl/N-ethyl adjacent to an activating group) is 1. The van der Waals surface area contributed by atoms with Gasteiger partial charge in [0.2, 0.25) is 5.91 Å². The topological polar surface area (TPSA) is 108 Å². The number of hydrogen-bond donors (Lipinski definition) is 2. The molecule has 0 aliphatic carbocycles. The van der Waals surface area contributed by atoms with E-state index in [9.17, 15) is 19.4 Å². The molecule has 2 N–H and O–H groups in total. The van der Waals surface area contributed by atoms with E-state index in [0.29, 0.717) is 23.9 Å². The third-order valence-electron chi connectivity index (χ3n) is 9.25. The van der Waals surface area contributed by atoms with Crippen LogP contribution in [0.25, 0.3) is 0 Å². The Morgan fingerprint density at radius 3 is 1.61 bits per heavy atom. The van der Waals surface area contributed by atoms with Gasteiger partial charge < -0.3 is 28.8 Å². The van der Waals surface area contributed by atoms with Gasteiger partial charge >= 0.3 is 0 Å². The molecule has 0 saturated heterocycles. The zero-order valence-corrected chi connectivity index (χ0v) is 33.8. The molecule has 0 aromatic heterocycles. The van der Waals surface area contributed by atoms with Gasteiger partial charge in [0.15, 0.2) is 0 Å². The van der Waals surface area contributed by atoms with Crippen molar-refractivity contribution < 1.29 is 32.9 Å². The SMILES string of the molecule is CCCCCC/C=C\CCCCCCCC(=O)NC(COP(=O)([O-])OCC[N+](C)(C)C)C(O)CCCCCCCCCCCCCCCC. The monoisotopic (exact) mass is 717 g/mol. The lowest BCUT2D eigenvalue weighted by Gasteiger charge is -2.30. The fourth-order valence-electron chi connectivity index (χ4n) is 5.92. The number of phosphoric acid groups is 1. The summed E-state index contributed by atoms with van der Waals surface area (Å²) in [6.45, 7) is 4.69. The van der Waals surface area contributed by atoms with E-state index in [1.54, 1.807) is 0 Å². The van der Waals surface area contributed by atoms with Crippen LogP contribution in [0.15, 0.2) is 12.2 Å². The molecule has 292 valence electrons. The number of quaternary nitrogens is 1. The predicted octanol–water partition coefficient (Wildman–Crippen LogP) is 10.2. The average molecular weight is 717 g/mol. The fourth-order valence-corrected chi connectivity index (χ4v) is 6.64. The molecule has 0 aliphatic heterocycles. The molecule has 0 fully saturated rings. The van der Waals surface area contributed by atoms with Gasteiger partial charge in [0, 0.05) is 6.42 Å². The van der Waals surface area contributed by atoms with Crippen LogP contribution in [-0.2, 0) is 18.4 Å². The molecule has 0 aromatic rings. The summed E-state index contributed by atoms with van der Waals surface area (Å²) in [6, 6.07) is -0.799. The fraction of sp³-hybridized carbons (Fsp3) is 0.925. The van der Waals surface area contributed by atoms with Crippen molar-refractivity contribution in [2.24, 2.45) is 0 Å². The molecule has 49 heavy (non-hydrogen) atoms. The number of nitrogens with zero attached hydrogens (tertiary/aromatic N) is 1. The maximum atomic E-state index is 12.8. The summed E-state index contributed by atoms with van der Waals surface area (Å²) in [7, 11) is 1.30. The molecule has 0 radical (unpaired) electrons. The highest BCUT2D eigenvalue weighted by molar-refractivity contribution is 7.45. The van der Waals surface area contributed by atoms with Gasteiger partial charge in [0.05, 0.1) is 39.9 Å². The first-order chi connectivity index (χ1) is 23.5. The van der Waals surface area contributed by atoms with Crippen LogP contribution in [0.3, 0.4) is 0 Å². The number of allylic oxidation sites excluding steroid dienone is 2. The zero-order chi connectivity index (χ0) is 36.5. The van der Waals surface area contributed by atoms with E-state index in [2.05, 4.69) is 31.3 Å². The maximum Gasteiger partial charge on any atom is 0.268 e. The molecule has 0 heterocycles. The first-order valence-corrected chi connectivity index (χ1v) is 22.0. The standard InChI is InChI=1S/C40H81N2O6P/c1-6-8-10-12-14-16-18-20-22-23-25-27-29-31-33-39(43)38(37-48-49(45,46)47-36-35-42(3,4)5)41-40(44)34-32-30-28-26-24-21-19-17-15-13-11-9-7-2/h17,19,38-39,43H,6-16,18,20-37H2,1-5H3,(H-,41,44,45,46)/b19-17-. The van der Waals surface area contributed by atoms with Gasteiger partial charge in [-0.15, -0.1) is 0 Å². The van der Waals surface area contributed by atoms with Gasteiger partial charge in [-0.3, -0.25) is 9.36 Å². The van der Waals surface area contributed by atoms with Crippen LogP contribution in [0.4, 0.5) is 0 Å². The molecular formula is C40H81N2O6P. The van der Waals surface area contributed by atoms with Crippen molar-refractivity contribution in [2.45, 2.75) is 199 Å². The van der Waals surface area contributed by atoms with Crippen molar-refractivity contribution in [2.75, 3.05) is 40.9 Å². The van der Waals surface area contributed by atoms with Gasteiger partial charge in [-0.25, -0.2) is 0 Å². The highest BCUT2D eigenvalue weighted by Gasteiger charge is 2.24. The van der Waals surface area contributed by atoms with Crippen LogP contribution in [0.1, 0.15) is 187 Å². The Kier molecular flexibility index (Phi) is 32.6. The summed E-state index contributed by atoms with van der Waals surface area (Å²) in [5, 5.41) is 13.8. The molecule has 0 saturated carbocycles. The number of carbonyl (C=O) groups is 1. The zero-order valence-electron chi connectivity index (χ0n) is 32.9. The van der Waals surface area contributed by atoms with Crippen molar-refractivity contribution in [3.63, 3.8) is 0 Å². The van der Waals surface area contributed by atoms with E-state index in [0.717, 1.165) is 51.4 Å². The molecule has 3 atom stereocenters. The lowest BCUT2D eigenvalue weighted by molar-refractivity contribution is -0.870. The minimum atomic E-state index is -4.56. The van der Waals surface area contributed by atoms with Gasteiger partial charge in [-0.05, 0) is 38.5 Å². The van der Waals surface area contributed by atoms with E-state index in [-0.39, 0.29) is 19.1 Å². The van der Waals surface area contributed by atoms with Crippen LogP contribution < -0.4 is 10.2 Å². The number of nitrogens with one attached hydrogen (secondary N) is 1. The molecule has 0 aromatic carbocycles. The predicted molar refractivity (Wildman–Crippen MR) is 205 cm³/mol. The van der Waals surface area contributed by atoms with E-state index in [1.807, 2.05) is 21.1 Å². The van der Waals surface area contributed by atoms with Gasteiger partial charge in [0.1, 0.15) is 13.2 Å². The largest absolute Gasteiger partial charge is 0.756 e. The minimum Gasteiger partial charge on any atom is -0.756 e. The first-order valence-electron chi connectivity index (χ1n) is 20.5. The Labute approximate surface area is 303 Å². The Bertz CT molecular complexity index is 819. The molecule has 0 aliphatic rings. The molecule has 0 bridgehead atoms. The molecule has 3 unspecified atom stereocenters. The number of unbranched alkanes of at least 4 members (excludes halogenated alkanes) is 22. The lowest BCUT2D eigenvalue weighted by Crippen LogP contribution is -2.46. The number of phosphoric ester groups is 1. The van der Waals surface area contributed by atoms with Crippen molar-refractivity contribution in [3.8, 4) is 0 Å². The van der Waals surface area contributed by atoms with Crippen molar-refractivity contribution in [1.29, 1.82) is 0 Å². The number of hydrogen-bond acceptors (Lipinski definition) is 6. The molecule has 9 heteroatoms. The van der Waals surface area contributed by atoms with Crippen LogP contribution >= 0.6 is 7.82 Å². The summed E-state index contributed by atoms with van der Waals surface area (Å²) in [4.78, 5) is 25.2. The summed E-state index contributed by atoms with van der Waals surface area (Å²) >= 11 is 0. The second-order valence-electron chi connectivity index (χ2n) is 15.3. The van der Waals surface area contributed by atoms with E-state index in [4.69, 9.17) is 9.05 Å². The Morgan fingerprint density at radius 1 is 0.694 bits per heavy atom. The normalized spacial score (nSPS) is 14.7.